The fourth-order valence-corrected chi connectivity index (χ4v) is 1.82. The number of nitrogens with one attached hydrogen (secondary N) is 1. The van der Waals surface area contributed by atoms with Crippen molar-refractivity contribution in [2.45, 2.75) is 6.42 Å². The summed E-state index contributed by atoms with van der Waals surface area (Å²) in [6.45, 7) is 0. The number of nitrogens with two attached hydrogens (primary N) is 1. The molecule has 0 unspecified atom stereocenters. The number of hydrogen-bond donors (Lipinski definition) is 2. The highest BCUT2D eigenvalue weighted by Gasteiger charge is 2.01. The monoisotopic (exact) mass is 257 g/mol. The van der Waals surface area contributed by atoms with Crippen molar-refractivity contribution in [2.75, 3.05) is 11.1 Å². The van der Waals surface area contributed by atoms with Crippen LogP contribution in [0.3, 0.4) is 0 Å². The summed E-state index contributed by atoms with van der Waals surface area (Å²) < 4.78 is 0. The minimum atomic E-state index is 0.420. The lowest BCUT2D eigenvalue weighted by Crippen LogP contribution is -1.93. The van der Waals surface area contributed by atoms with E-state index in [0.29, 0.717) is 17.1 Å². The molecule has 3 N–H and O–H groups in total. The van der Waals surface area contributed by atoms with Crippen LogP contribution >= 0.6 is 11.6 Å². The molecule has 0 spiro atoms. The molecule has 0 fully saturated rings. The van der Waals surface area contributed by atoms with Gasteiger partial charge in [0.1, 0.15) is 0 Å². The topological polar surface area (TPSA) is 61.8 Å². The van der Waals surface area contributed by atoms with Gasteiger partial charge in [0.15, 0.2) is 0 Å². The van der Waals surface area contributed by atoms with Crippen molar-refractivity contribution in [3.8, 4) is 6.07 Å². The SMILES string of the molecule is N#CCc1ccc(Nc2ccc(N)cc2Cl)cc1. The molecule has 3 nitrogen and oxygen atoms in total. The summed E-state index contributed by atoms with van der Waals surface area (Å²) in [5.41, 5.74) is 8.98. The van der Waals surface area contributed by atoms with E-state index in [1.165, 1.54) is 0 Å². The second kappa shape index (κ2) is 5.44. The number of nitrogen functional groups attached to an aromatic ring is 1. The van der Waals surface area contributed by atoms with Gasteiger partial charge in [-0.2, -0.15) is 5.26 Å². The van der Waals surface area contributed by atoms with E-state index in [9.17, 15) is 0 Å². The Morgan fingerprint density at radius 1 is 1.17 bits per heavy atom. The Balaban J connectivity index is 2.16. The molecule has 0 amide bonds. The molecule has 0 aliphatic carbocycles. The van der Waals surface area contributed by atoms with Gasteiger partial charge in [0, 0.05) is 11.4 Å². The highest BCUT2D eigenvalue weighted by Crippen LogP contribution is 2.27. The van der Waals surface area contributed by atoms with E-state index in [-0.39, 0.29) is 0 Å². The molecule has 90 valence electrons. The minimum absolute atomic E-state index is 0.420. The van der Waals surface area contributed by atoms with Gasteiger partial charge in [0.2, 0.25) is 0 Å². The Morgan fingerprint density at radius 2 is 1.89 bits per heavy atom. The number of benzene rings is 2. The zero-order valence-corrected chi connectivity index (χ0v) is 10.4. The fourth-order valence-electron chi connectivity index (χ4n) is 1.59. The number of nitrogens with zero attached hydrogens (tertiary/aromatic N) is 1. The fraction of sp³-hybridized carbons (Fsp3) is 0.0714. The van der Waals surface area contributed by atoms with E-state index >= 15 is 0 Å². The third-order valence-corrected chi connectivity index (χ3v) is 2.82. The smallest absolute Gasteiger partial charge is 0.0669 e. The van der Waals surface area contributed by atoms with Gasteiger partial charge in [0.25, 0.3) is 0 Å². The van der Waals surface area contributed by atoms with Crippen LogP contribution in [0, 0.1) is 11.3 Å². The molecule has 18 heavy (non-hydrogen) atoms. The van der Waals surface area contributed by atoms with Crippen LogP contribution in [0.5, 0.6) is 0 Å². The molecule has 2 aromatic carbocycles. The van der Waals surface area contributed by atoms with Crippen LogP contribution in [0.1, 0.15) is 5.56 Å². The van der Waals surface area contributed by atoms with E-state index in [1.54, 1.807) is 12.1 Å². The normalized spacial score (nSPS) is 9.78. The predicted octanol–water partition coefficient (Wildman–Crippen LogP) is 3.73. The summed E-state index contributed by atoms with van der Waals surface area (Å²) in [6, 6.07) is 15.1. The van der Waals surface area contributed by atoms with Gasteiger partial charge >= 0.3 is 0 Å². The van der Waals surface area contributed by atoms with Crippen molar-refractivity contribution in [1.29, 1.82) is 5.26 Å². The van der Waals surface area contributed by atoms with Crippen LogP contribution in [-0.2, 0) is 6.42 Å². The van der Waals surface area contributed by atoms with Crippen molar-refractivity contribution < 1.29 is 0 Å². The van der Waals surface area contributed by atoms with Crippen molar-refractivity contribution in [2.24, 2.45) is 0 Å². The molecule has 0 atom stereocenters. The van der Waals surface area contributed by atoms with Gasteiger partial charge in [-0.1, -0.05) is 23.7 Å². The second-order valence-corrected chi connectivity index (χ2v) is 4.30. The zero-order valence-electron chi connectivity index (χ0n) is 9.65. The van der Waals surface area contributed by atoms with E-state index in [0.717, 1.165) is 16.9 Å². The largest absolute Gasteiger partial charge is 0.399 e. The van der Waals surface area contributed by atoms with Crippen molar-refractivity contribution in [1.82, 2.24) is 0 Å². The number of halogens is 1. The molecule has 2 aromatic rings. The first-order valence-electron chi connectivity index (χ1n) is 5.47. The van der Waals surface area contributed by atoms with Crippen molar-refractivity contribution in [3.63, 3.8) is 0 Å². The summed E-state index contributed by atoms with van der Waals surface area (Å²) in [4.78, 5) is 0. The lowest BCUT2D eigenvalue weighted by atomic mass is 10.1. The highest BCUT2D eigenvalue weighted by molar-refractivity contribution is 6.33. The van der Waals surface area contributed by atoms with Gasteiger partial charge in [-0.15, -0.1) is 0 Å². The van der Waals surface area contributed by atoms with Crippen LogP contribution in [0.2, 0.25) is 5.02 Å². The van der Waals surface area contributed by atoms with Gasteiger partial charge < -0.3 is 11.1 Å². The van der Waals surface area contributed by atoms with Crippen molar-refractivity contribution in [3.05, 3.63) is 53.1 Å². The molecular formula is C14H12ClN3. The minimum Gasteiger partial charge on any atom is -0.399 e. The first-order valence-corrected chi connectivity index (χ1v) is 5.85. The third kappa shape index (κ3) is 2.93. The number of hydrogen-bond acceptors (Lipinski definition) is 3. The average Bonchev–Trinajstić information content (AvgIpc) is 2.35. The van der Waals surface area contributed by atoms with Crippen LogP contribution in [-0.4, -0.2) is 0 Å². The second-order valence-electron chi connectivity index (χ2n) is 3.90. The summed E-state index contributed by atoms with van der Waals surface area (Å²) in [7, 11) is 0. The molecular weight excluding hydrogens is 246 g/mol. The molecule has 0 aliphatic heterocycles. The molecule has 0 saturated heterocycles. The van der Waals surface area contributed by atoms with Gasteiger partial charge in [0.05, 0.1) is 23.2 Å². The predicted molar refractivity (Wildman–Crippen MR) is 74.9 cm³/mol. The maximum absolute atomic E-state index is 8.59. The van der Waals surface area contributed by atoms with E-state index in [2.05, 4.69) is 11.4 Å². The summed E-state index contributed by atoms with van der Waals surface area (Å²) in [5.74, 6) is 0. The number of anilines is 3. The maximum Gasteiger partial charge on any atom is 0.0669 e. The lowest BCUT2D eigenvalue weighted by Gasteiger charge is -2.09. The molecule has 0 aliphatic rings. The van der Waals surface area contributed by atoms with Crippen molar-refractivity contribution >= 4 is 28.7 Å². The zero-order chi connectivity index (χ0) is 13.0. The van der Waals surface area contributed by atoms with E-state index in [1.807, 2.05) is 30.3 Å². The van der Waals surface area contributed by atoms with E-state index in [4.69, 9.17) is 22.6 Å². The molecule has 4 heteroatoms. The first kappa shape index (κ1) is 12.3. The summed E-state index contributed by atoms with van der Waals surface area (Å²) in [5, 5.41) is 12.4. The van der Waals surface area contributed by atoms with Gasteiger partial charge in [-0.05, 0) is 35.9 Å². The maximum atomic E-state index is 8.59. The lowest BCUT2D eigenvalue weighted by molar-refractivity contribution is 1.26. The standard InChI is InChI=1S/C14H12ClN3/c15-13-9-11(17)3-6-14(13)18-12-4-1-10(2-5-12)7-8-16/h1-6,9,18H,7,17H2. The quantitative estimate of drug-likeness (QED) is 0.824. The summed E-state index contributed by atoms with van der Waals surface area (Å²) in [6.07, 6.45) is 0.420. The van der Waals surface area contributed by atoms with Crippen LogP contribution in [0.15, 0.2) is 42.5 Å². The molecule has 0 saturated carbocycles. The van der Waals surface area contributed by atoms with Crippen LogP contribution in [0.4, 0.5) is 17.1 Å². The third-order valence-electron chi connectivity index (χ3n) is 2.51. The Labute approximate surface area is 111 Å². The highest BCUT2D eigenvalue weighted by atomic mass is 35.5. The number of rotatable bonds is 3. The molecule has 0 heterocycles. The molecule has 0 aromatic heterocycles. The van der Waals surface area contributed by atoms with Gasteiger partial charge in [-0.3, -0.25) is 0 Å². The average molecular weight is 258 g/mol. The van der Waals surface area contributed by atoms with Gasteiger partial charge in [-0.25, -0.2) is 0 Å². The molecule has 0 radical (unpaired) electrons. The Hall–Kier alpha value is -2.18. The Kier molecular flexibility index (Phi) is 3.71. The Bertz CT molecular complexity index is 585. The molecule has 0 bridgehead atoms. The number of nitriles is 1. The molecule has 2 rings (SSSR count). The Morgan fingerprint density at radius 3 is 2.50 bits per heavy atom. The first-order chi connectivity index (χ1) is 8.69. The van der Waals surface area contributed by atoms with Crippen LogP contribution < -0.4 is 11.1 Å². The van der Waals surface area contributed by atoms with E-state index < -0.39 is 0 Å². The van der Waals surface area contributed by atoms with Crippen LogP contribution in [0.25, 0.3) is 0 Å². The summed E-state index contributed by atoms with van der Waals surface area (Å²) >= 11 is 6.07.